The molecule has 1 spiro atoms. The number of unbranched alkanes of at least 4 members (excludes halogenated alkanes) is 3. The van der Waals surface area contributed by atoms with Crippen LogP contribution in [0.15, 0.2) is 0 Å². The van der Waals surface area contributed by atoms with Crippen molar-refractivity contribution in [3.05, 3.63) is 0 Å². The average molecular weight is 148 g/mol. The second-order valence-corrected chi connectivity index (χ2v) is 5.27. The SMILES string of the molecule is CCCCCCC12C3C4C1C432. The van der Waals surface area contributed by atoms with Crippen LogP contribution in [0.5, 0.6) is 0 Å². The molecule has 11 heavy (non-hydrogen) atoms. The summed E-state index contributed by atoms with van der Waals surface area (Å²) in [7, 11) is 0. The second kappa shape index (κ2) is 1.20. The van der Waals surface area contributed by atoms with Gasteiger partial charge in [-0.2, -0.15) is 0 Å². The van der Waals surface area contributed by atoms with Crippen molar-refractivity contribution in [2.45, 2.75) is 39.0 Å². The molecule has 0 N–H and O–H groups in total. The Morgan fingerprint density at radius 1 is 1.09 bits per heavy atom. The van der Waals surface area contributed by atoms with Gasteiger partial charge in [0.05, 0.1) is 0 Å². The number of rotatable bonds is 5. The molecule has 0 heteroatoms. The average Bonchev–Trinajstić information content (AvgIpc) is 2.74. The van der Waals surface area contributed by atoms with Crippen LogP contribution in [-0.2, 0) is 0 Å². The van der Waals surface area contributed by atoms with E-state index < -0.39 is 0 Å². The van der Waals surface area contributed by atoms with Crippen LogP contribution in [0.1, 0.15) is 39.0 Å². The third-order valence-electron chi connectivity index (χ3n) is 5.27. The minimum absolute atomic E-state index is 1.06. The molecule has 0 heterocycles. The van der Waals surface area contributed by atoms with Crippen molar-refractivity contribution in [3.8, 4) is 0 Å². The van der Waals surface area contributed by atoms with E-state index in [2.05, 4.69) is 6.92 Å². The summed E-state index contributed by atoms with van der Waals surface area (Å²) in [6.07, 6.45) is 7.56. The topological polar surface area (TPSA) is 0 Å². The molecule has 0 aromatic carbocycles. The van der Waals surface area contributed by atoms with Crippen LogP contribution in [-0.4, -0.2) is 0 Å². The first-order valence-corrected chi connectivity index (χ1v) is 5.42. The predicted molar refractivity (Wildman–Crippen MR) is 44.1 cm³/mol. The quantitative estimate of drug-likeness (QED) is 0.526. The van der Waals surface area contributed by atoms with E-state index in [1.54, 1.807) is 12.8 Å². The Morgan fingerprint density at radius 2 is 1.82 bits per heavy atom. The zero-order valence-corrected chi connectivity index (χ0v) is 7.27. The van der Waals surface area contributed by atoms with Gasteiger partial charge >= 0.3 is 0 Å². The molecule has 0 aliphatic heterocycles. The van der Waals surface area contributed by atoms with Gasteiger partial charge in [0, 0.05) is 0 Å². The Labute approximate surface area is 68.4 Å². The lowest BCUT2D eigenvalue weighted by Crippen LogP contribution is -2.18. The molecule has 0 bridgehead atoms. The zero-order chi connectivity index (χ0) is 7.27. The van der Waals surface area contributed by atoms with E-state index in [0.29, 0.717) is 0 Å². The van der Waals surface area contributed by atoms with E-state index in [0.717, 1.165) is 10.8 Å². The Hall–Kier alpha value is 0. The lowest BCUT2D eigenvalue weighted by Gasteiger charge is -2.23. The van der Waals surface area contributed by atoms with Crippen LogP contribution in [0.4, 0.5) is 0 Å². The molecule has 4 saturated carbocycles. The number of hydrogen-bond acceptors (Lipinski definition) is 0. The summed E-state index contributed by atoms with van der Waals surface area (Å²) in [5.41, 5.74) is 2.17. The summed E-state index contributed by atoms with van der Waals surface area (Å²) < 4.78 is 0. The molecule has 4 aliphatic rings. The van der Waals surface area contributed by atoms with Gasteiger partial charge in [0.1, 0.15) is 0 Å². The van der Waals surface area contributed by atoms with Crippen LogP contribution in [0.2, 0.25) is 0 Å². The summed E-state index contributed by atoms with van der Waals surface area (Å²) in [5, 5.41) is 0. The van der Waals surface area contributed by atoms with Crippen LogP contribution in [0.3, 0.4) is 0 Å². The number of fused-ring (bicyclic) bond motifs is 4. The van der Waals surface area contributed by atoms with Gasteiger partial charge in [-0.15, -0.1) is 0 Å². The monoisotopic (exact) mass is 148 g/mol. The van der Waals surface area contributed by atoms with Crippen LogP contribution < -0.4 is 0 Å². The number of hydrogen-bond donors (Lipinski definition) is 0. The highest BCUT2D eigenvalue weighted by Gasteiger charge is 3.28. The second-order valence-electron chi connectivity index (χ2n) is 5.27. The maximum Gasteiger partial charge on any atom is -0.0127 e. The van der Waals surface area contributed by atoms with E-state index in [-0.39, 0.29) is 0 Å². The Balaban J connectivity index is 1.26. The fraction of sp³-hybridized carbons (Fsp3) is 1.00. The van der Waals surface area contributed by atoms with Crippen LogP contribution in [0.25, 0.3) is 0 Å². The molecule has 4 aliphatic carbocycles. The normalized spacial score (nSPS) is 70.1. The van der Waals surface area contributed by atoms with Crippen molar-refractivity contribution in [1.29, 1.82) is 0 Å². The van der Waals surface area contributed by atoms with Gasteiger partial charge in [0.25, 0.3) is 0 Å². The molecular formula is C11H16. The van der Waals surface area contributed by atoms with Gasteiger partial charge in [0.15, 0.2) is 0 Å². The van der Waals surface area contributed by atoms with Crippen LogP contribution in [0, 0.1) is 28.6 Å². The Bertz CT molecular complexity index is 228. The molecule has 60 valence electrons. The lowest BCUT2D eigenvalue weighted by molar-refractivity contribution is 0.245. The van der Waals surface area contributed by atoms with E-state index in [4.69, 9.17) is 0 Å². The van der Waals surface area contributed by atoms with Crippen molar-refractivity contribution >= 4 is 0 Å². The van der Waals surface area contributed by atoms with Gasteiger partial charge in [0.2, 0.25) is 0 Å². The largest absolute Gasteiger partial charge is 0.0654 e. The highest BCUT2D eigenvalue weighted by Crippen LogP contribution is 3.31. The lowest BCUT2D eigenvalue weighted by atomic mass is 9.81. The highest BCUT2D eigenvalue weighted by molar-refractivity contribution is 5.74. The first-order chi connectivity index (χ1) is 5.42. The van der Waals surface area contributed by atoms with Gasteiger partial charge in [-0.25, -0.2) is 0 Å². The molecule has 0 saturated heterocycles. The summed E-state index contributed by atoms with van der Waals surface area (Å²) in [5.74, 6) is 3.97. The molecule has 2 unspecified atom stereocenters. The fourth-order valence-corrected chi connectivity index (χ4v) is 4.53. The fourth-order valence-electron chi connectivity index (χ4n) is 4.53. The minimum atomic E-state index is 1.06. The third kappa shape index (κ3) is 0.302. The molecule has 0 aromatic rings. The molecule has 0 nitrogen and oxygen atoms in total. The summed E-state index contributed by atoms with van der Waals surface area (Å²) >= 11 is 0. The highest BCUT2D eigenvalue weighted by atomic mass is 15.3. The maximum absolute atomic E-state index is 2.30. The van der Waals surface area contributed by atoms with Crippen molar-refractivity contribution in [3.63, 3.8) is 0 Å². The molecule has 4 rings (SSSR count). The van der Waals surface area contributed by atoms with Crippen molar-refractivity contribution in [2.24, 2.45) is 28.6 Å². The minimum Gasteiger partial charge on any atom is -0.0654 e. The predicted octanol–water partition coefficient (Wildman–Crippen LogP) is 2.83. The zero-order valence-electron chi connectivity index (χ0n) is 7.27. The third-order valence-corrected chi connectivity index (χ3v) is 5.27. The molecule has 0 radical (unpaired) electrons. The van der Waals surface area contributed by atoms with Crippen LogP contribution >= 0.6 is 0 Å². The summed E-state index contributed by atoms with van der Waals surface area (Å²) in [4.78, 5) is 0. The first-order valence-electron chi connectivity index (χ1n) is 5.42. The van der Waals surface area contributed by atoms with E-state index >= 15 is 0 Å². The molecule has 0 aromatic heterocycles. The van der Waals surface area contributed by atoms with Gasteiger partial charge in [-0.1, -0.05) is 32.6 Å². The first kappa shape index (κ1) is 5.61. The van der Waals surface area contributed by atoms with E-state index in [1.807, 2.05) is 0 Å². The van der Waals surface area contributed by atoms with E-state index in [1.165, 1.54) is 37.0 Å². The van der Waals surface area contributed by atoms with Gasteiger partial charge in [-0.05, 0) is 35.0 Å². The summed E-state index contributed by atoms with van der Waals surface area (Å²) in [6.45, 7) is 2.30. The van der Waals surface area contributed by atoms with Crippen molar-refractivity contribution in [1.82, 2.24) is 0 Å². The Kier molecular flexibility index (Phi) is 0.611. The van der Waals surface area contributed by atoms with Crippen molar-refractivity contribution < 1.29 is 0 Å². The molecule has 2 atom stereocenters. The van der Waals surface area contributed by atoms with Crippen molar-refractivity contribution in [2.75, 3.05) is 0 Å². The van der Waals surface area contributed by atoms with Gasteiger partial charge in [-0.3, -0.25) is 0 Å². The molecular weight excluding hydrogens is 132 g/mol. The standard InChI is InChI=1S/C11H16/c1-2-3-4-5-6-10-8-7-9(10)11(7,8)10/h7-9H,2-6H2,1H3. The smallest absolute Gasteiger partial charge is 0.0127 e. The Morgan fingerprint density at radius 3 is 2.27 bits per heavy atom. The molecule has 0 amide bonds. The summed E-state index contributed by atoms with van der Waals surface area (Å²) in [6, 6.07) is 0. The maximum atomic E-state index is 2.30. The van der Waals surface area contributed by atoms with E-state index in [9.17, 15) is 0 Å². The van der Waals surface area contributed by atoms with Gasteiger partial charge < -0.3 is 0 Å². The molecule has 4 fully saturated rings.